The zero-order valence-corrected chi connectivity index (χ0v) is 9.47. The standard InChI is InChI=1S/C13H14N2O/c1-10-4-3-5-12(6-10)9-15-8-11(2)7-14-13(15)16/h3-8H,9H2,1-2H3. The zero-order chi connectivity index (χ0) is 11.5. The summed E-state index contributed by atoms with van der Waals surface area (Å²) in [5, 5.41) is 0. The lowest BCUT2D eigenvalue weighted by Crippen LogP contribution is -2.22. The molecule has 1 aromatic carbocycles. The molecule has 16 heavy (non-hydrogen) atoms. The summed E-state index contributed by atoms with van der Waals surface area (Å²) in [5.74, 6) is 0. The fourth-order valence-electron chi connectivity index (χ4n) is 1.69. The van der Waals surface area contributed by atoms with Crippen LogP contribution in [-0.2, 0) is 6.54 Å². The molecule has 0 unspecified atom stereocenters. The van der Waals surface area contributed by atoms with Gasteiger partial charge in [-0.25, -0.2) is 9.78 Å². The van der Waals surface area contributed by atoms with Gasteiger partial charge in [-0.3, -0.25) is 4.57 Å². The number of benzene rings is 1. The highest BCUT2D eigenvalue weighted by atomic mass is 16.1. The van der Waals surface area contributed by atoms with Crippen molar-refractivity contribution in [3.8, 4) is 0 Å². The van der Waals surface area contributed by atoms with Gasteiger partial charge < -0.3 is 0 Å². The van der Waals surface area contributed by atoms with Crippen molar-refractivity contribution in [2.75, 3.05) is 0 Å². The second-order valence-electron chi connectivity index (χ2n) is 4.03. The lowest BCUT2D eigenvalue weighted by Gasteiger charge is -2.06. The highest BCUT2D eigenvalue weighted by Gasteiger charge is 1.99. The number of hydrogen-bond acceptors (Lipinski definition) is 2. The van der Waals surface area contributed by atoms with Gasteiger partial charge in [-0.05, 0) is 25.0 Å². The average molecular weight is 214 g/mol. The van der Waals surface area contributed by atoms with Gasteiger partial charge in [0.15, 0.2) is 0 Å². The molecule has 82 valence electrons. The largest absolute Gasteiger partial charge is 0.347 e. The Labute approximate surface area is 94.4 Å². The third-order valence-corrected chi connectivity index (χ3v) is 2.42. The first-order valence-corrected chi connectivity index (χ1v) is 5.24. The second kappa shape index (κ2) is 4.31. The van der Waals surface area contributed by atoms with Crippen LogP contribution in [0.2, 0.25) is 0 Å². The van der Waals surface area contributed by atoms with Crippen LogP contribution in [0, 0.1) is 13.8 Å². The van der Waals surface area contributed by atoms with Crippen molar-refractivity contribution in [3.63, 3.8) is 0 Å². The van der Waals surface area contributed by atoms with E-state index in [0.717, 1.165) is 11.1 Å². The Balaban J connectivity index is 2.34. The first-order valence-electron chi connectivity index (χ1n) is 5.24. The van der Waals surface area contributed by atoms with Crippen LogP contribution in [0.25, 0.3) is 0 Å². The maximum atomic E-state index is 11.5. The molecule has 0 aliphatic rings. The molecule has 3 nitrogen and oxygen atoms in total. The number of rotatable bonds is 2. The van der Waals surface area contributed by atoms with Crippen molar-refractivity contribution in [2.45, 2.75) is 20.4 Å². The Morgan fingerprint density at radius 1 is 1.25 bits per heavy atom. The summed E-state index contributed by atoms with van der Waals surface area (Å²) in [6.45, 7) is 4.55. The number of hydrogen-bond donors (Lipinski definition) is 0. The van der Waals surface area contributed by atoms with Gasteiger partial charge in [0.2, 0.25) is 0 Å². The van der Waals surface area contributed by atoms with Gasteiger partial charge in [-0.2, -0.15) is 0 Å². The molecule has 2 rings (SSSR count). The maximum absolute atomic E-state index is 11.5. The van der Waals surface area contributed by atoms with Crippen LogP contribution in [0.15, 0.2) is 41.5 Å². The molecule has 0 atom stereocenters. The van der Waals surface area contributed by atoms with Crippen molar-refractivity contribution in [1.29, 1.82) is 0 Å². The molecule has 1 aromatic heterocycles. The van der Waals surface area contributed by atoms with Crippen molar-refractivity contribution in [3.05, 3.63) is 63.8 Å². The van der Waals surface area contributed by atoms with Crippen LogP contribution in [-0.4, -0.2) is 9.55 Å². The Hall–Kier alpha value is -1.90. The topological polar surface area (TPSA) is 34.9 Å². The third kappa shape index (κ3) is 2.37. The van der Waals surface area contributed by atoms with Crippen molar-refractivity contribution in [2.24, 2.45) is 0 Å². The molecule has 0 spiro atoms. The van der Waals surface area contributed by atoms with E-state index in [1.165, 1.54) is 5.56 Å². The van der Waals surface area contributed by atoms with E-state index < -0.39 is 0 Å². The highest BCUT2D eigenvalue weighted by molar-refractivity contribution is 5.22. The molecule has 1 heterocycles. The zero-order valence-electron chi connectivity index (χ0n) is 9.47. The third-order valence-electron chi connectivity index (χ3n) is 2.42. The van der Waals surface area contributed by atoms with Crippen molar-refractivity contribution in [1.82, 2.24) is 9.55 Å². The molecule has 2 aromatic rings. The molecule has 0 radical (unpaired) electrons. The molecule has 0 aliphatic carbocycles. The summed E-state index contributed by atoms with van der Waals surface area (Å²) in [5.41, 5.74) is 3.11. The molecule has 3 heteroatoms. The molecule has 0 N–H and O–H groups in total. The molecule has 0 aliphatic heterocycles. The predicted octanol–water partition coefficient (Wildman–Crippen LogP) is 1.91. The van der Waals surface area contributed by atoms with Crippen molar-refractivity contribution < 1.29 is 0 Å². The first-order chi connectivity index (χ1) is 7.65. The number of aryl methyl sites for hydroxylation is 2. The minimum atomic E-state index is -0.202. The Kier molecular flexibility index (Phi) is 2.86. The second-order valence-corrected chi connectivity index (χ2v) is 4.03. The van der Waals surface area contributed by atoms with Gasteiger partial charge in [0, 0.05) is 12.4 Å². The highest BCUT2D eigenvalue weighted by Crippen LogP contribution is 2.05. The van der Waals surface area contributed by atoms with E-state index in [1.54, 1.807) is 10.8 Å². The lowest BCUT2D eigenvalue weighted by molar-refractivity contribution is 0.720. The van der Waals surface area contributed by atoms with E-state index in [1.807, 2.05) is 38.2 Å². The van der Waals surface area contributed by atoms with E-state index in [2.05, 4.69) is 11.1 Å². The summed E-state index contributed by atoms with van der Waals surface area (Å²) >= 11 is 0. The van der Waals surface area contributed by atoms with E-state index >= 15 is 0 Å². The quantitative estimate of drug-likeness (QED) is 0.765. The van der Waals surface area contributed by atoms with Crippen molar-refractivity contribution >= 4 is 0 Å². The lowest BCUT2D eigenvalue weighted by atomic mass is 10.1. The minimum absolute atomic E-state index is 0.202. The Morgan fingerprint density at radius 2 is 2.06 bits per heavy atom. The maximum Gasteiger partial charge on any atom is 0.347 e. The first kappa shape index (κ1) is 10.6. The molecular weight excluding hydrogens is 200 g/mol. The fourth-order valence-corrected chi connectivity index (χ4v) is 1.69. The van der Waals surface area contributed by atoms with Gasteiger partial charge in [0.25, 0.3) is 0 Å². The summed E-state index contributed by atoms with van der Waals surface area (Å²) in [6.07, 6.45) is 3.42. The molecule has 0 amide bonds. The van der Waals surface area contributed by atoms with Crippen LogP contribution < -0.4 is 5.69 Å². The van der Waals surface area contributed by atoms with E-state index in [9.17, 15) is 4.79 Å². The Morgan fingerprint density at radius 3 is 2.81 bits per heavy atom. The summed E-state index contributed by atoms with van der Waals surface area (Å²) in [4.78, 5) is 15.3. The van der Waals surface area contributed by atoms with Crippen LogP contribution in [0.5, 0.6) is 0 Å². The molecular formula is C13H14N2O. The SMILES string of the molecule is Cc1cccc(Cn2cc(C)cnc2=O)c1. The average Bonchev–Trinajstić information content (AvgIpc) is 2.24. The summed E-state index contributed by atoms with van der Waals surface area (Å²) < 4.78 is 1.63. The molecule has 0 saturated heterocycles. The molecule has 0 bridgehead atoms. The summed E-state index contributed by atoms with van der Waals surface area (Å²) in [6, 6.07) is 8.14. The smallest absolute Gasteiger partial charge is 0.294 e. The summed E-state index contributed by atoms with van der Waals surface area (Å²) in [7, 11) is 0. The predicted molar refractivity (Wildman–Crippen MR) is 63.5 cm³/mol. The normalized spacial score (nSPS) is 10.4. The number of nitrogens with zero attached hydrogens (tertiary/aromatic N) is 2. The van der Waals surface area contributed by atoms with Crippen LogP contribution in [0.3, 0.4) is 0 Å². The Bertz CT molecular complexity index is 558. The number of aromatic nitrogens is 2. The van der Waals surface area contributed by atoms with E-state index in [-0.39, 0.29) is 5.69 Å². The van der Waals surface area contributed by atoms with Gasteiger partial charge in [0.05, 0.1) is 6.54 Å². The van der Waals surface area contributed by atoms with E-state index in [4.69, 9.17) is 0 Å². The minimum Gasteiger partial charge on any atom is -0.294 e. The van der Waals surface area contributed by atoms with E-state index in [0.29, 0.717) is 6.54 Å². The van der Waals surface area contributed by atoms with Gasteiger partial charge in [-0.15, -0.1) is 0 Å². The molecule has 0 fully saturated rings. The van der Waals surface area contributed by atoms with Crippen LogP contribution >= 0.6 is 0 Å². The van der Waals surface area contributed by atoms with Gasteiger partial charge in [0.1, 0.15) is 0 Å². The molecule has 0 saturated carbocycles. The van der Waals surface area contributed by atoms with Crippen LogP contribution in [0.4, 0.5) is 0 Å². The monoisotopic (exact) mass is 214 g/mol. The van der Waals surface area contributed by atoms with Gasteiger partial charge >= 0.3 is 5.69 Å². The van der Waals surface area contributed by atoms with Crippen LogP contribution in [0.1, 0.15) is 16.7 Å². The fraction of sp³-hybridized carbons (Fsp3) is 0.231. The van der Waals surface area contributed by atoms with Gasteiger partial charge in [-0.1, -0.05) is 29.8 Å².